The van der Waals surface area contributed by atoms with Crippen molar-refractivity contribution in [3.05, 3.63) is 65.7 Å². The highest BCUT2D eigenvalue weighted by Crippen LogP contribution is 2.46. The number of para-hydroxylation sites is 1. The Bertz CT molecular complexity index is 629. The van der Waals surface area contributed by atoms with Gasteiger partial charge in [-0.25, -0.2) is 4.39 Å². The first-order valence-corrected chi connectivity index (χ1v) is 5.97. The molecule has 2 N–H and O–H groups in total. The van der Waals surface area contributed by atoms with E-state index in [-0.39, 0.29) is 5.56 Å². The molecule has 1 aliphatic rings. The Hall–Kier alpha value is -2.20. The van der Waals surface area contributed by atoms with Crippen molar-refractivity contribution in [2.24, 2.45) is 0 Å². The monoisotopic (exact) mass is 257 g/mol. The lowest BCUT2D eigenvalue weighted by atomic mass is 9.87. The van der Waals surface area contributed by atoms with Gasteiger partial charge in [0.1, 0.15) is 6.10 Å². The molecule has 19 heavy (non-hydrogen) atoms. The number of carbonyl (C=O) groups excluding carboxylic acids is 1. The lowest BCUT2D eigenvalue weighted by Crippen LogP contribution is -2.36. The topological polar surface area (TPSA) is 49.3 Å². The van der Waals surface area contributed by atoms with E-state index in [1.165, 1.54) is 6.07 Å². The summed E-state index contributed by atoms with van der Waals surface area (Å²) >= 11 is 0. The van der Waals surface area contributed by atoms with Gasteiger partial charge in [0.05, 0.1) is 0 Å². The normalized spacial score (nSPS) is 22.7. The Morgan fingerprint density at radius 3 is 2.42 bits per heavy atom. The summed E-state index contributed by atoms with van der Waals surface area (Å²) in [5.74, 6) is -0.829. The van der Waals surface area contributed by atoms with Crippen molar-refractivity contribution in [2.75, 3.05) is 5.32 Å². The molecule has 1 heterocycles. The van der Waals surface area contributed by atoms with Gasteiger partial charge in [-0.2, -0.15) is 0 Å². The number of amides is 1. The second kappa shape index (κ2) is 4.17. The van der Waals surface area contributed by atoms with Gasteiger partial charge in [-0.05, 0) is 11.6 Å². The number of benzene rings is 2. The SMILES string of the molecule is O=C1Nc2ccccc2[C@@]1(F)C(O)c1ccccc1. The molecule has 96 valence electrons. The zero-order valence-corrected chi connectivity index (χ0v) is 10.0. The van der Waals surface area contributed by atoms with Gasteiger partial charge in [0.15, 0.2) is 0 Å². The minimum Gasteiger partial charge on any atom is -0.384 e. The Kier molecular flexibility index (Phi) is 2.61. The summed E-state index contributed by atoms with van der Waals surface area (Å²) in [6, 6.07) is 14.8. The van der Waals surface area contributed by atoms with Crippen molar-refractivity contribution in [1.82, 2.24) is 0 Å². The fraction of sp³-hybridized carbons (Fsp3) is 0.133. The maximum Gasteiger partial charge on any atom is 0.269 e. The smallest absolute Gasteiger partial charge is 0.269 e. The van der Waals surface area contributed by atoms with Gasteiger partial charge in [-0.1, -0.05) is 48.5 Å². The van der Waals surface area contributed by atoms with Crippen LogP contribution in [0.3, 0.4) is 0 Å². The van der Waals surface area contributed by atoms with Gasteiger partial charge in [-0.3, -0.25) is 4.79 Å². The minimum atomic E-state index is -2.45. The summed E-state index contributed by atoms with van der Waals surface area (Å²) in [4.78, 5) is 11.9. The quantitative estimate of drug-likeness (QED) is 0.868. The van der Waals surface area contributed by atoms with Crippen LogP contribution >= 0.6 is 0 Å². The van der Waals surface area contributed by atoms with Crippen LogP contribution in [-0.2, 0) is 10.5 Å². The van der Waals surface area contributed by atoms with Crippen LogP contribution in [0.5, 0.6) is 0 Å². The average Bonchev–Trinajstić information content (AvgIpc) is 2.72. The standard InChI is InChI=1S/C15H12FNO2/c16-15(13(18)10-6-2-1-3-7-10)11-8-4-5-9-12(11)17-14(15)19/h1-9,13,18H,(H,17,19)/t13?,15-/m1/s1. The van der Waals surface area contributed by atoms with Crippen molar-refractivity contribution in [3.63, 3.8) is 0 Å². The molecule has 0 saturated carbocycles. The number of carbonyl (C=O) groups is 1. The maximum absolute atomic E-state index is 15.1. The predicted molar refractivity (Wildman–Crippen MR) is 69.3 cm³/mol. The van der Waals surface area contributed by atoms with Crippen LogP contribution < -0.4 is 5.32 Å². The number of aliphatic hydroxyl groups excluding tert-OH is 1. The Balaban J connectivity index is 2.11. The van der Waals surface area contributed by atoms with Gasteiger partial charge in [0, 0.05) is 11.3 Å². The zero-order valence-electron chi connectivity index (χ0n) is 10.0. The van der Waals surface area contributed by atoms with E-state index in [1.54, 1.807) is 48.5 Å². The largest absolute Gasteiger partial charge is 0.384 e. The van der Waals surface area contributed by atoms with Crippen molar-refractivity contribution in [3.8, 4) is 0 Å². The molecule has 1 amide bonds. The van der Waals surface area contributed by atoms with Crippen LogP contribution in [0, 0.1) is 0 Å². The van der Waals surface area contributed by atoms with Crippen LogP contribution in [0.2, 0.25) is 0 Å². The molecule has 1 unspecified atom stereocenters. The Morgan fingerprint density at radius 2 is 1.68 bits per heavy atom. The molecule has 2 atom stereocenters. The van der Waals surface area contributed by atoms with E-state index in [0.717, 1.165) is 0 Å². The summed E-state index contributed by atoms with van der Waals surface area (Å²) in [6.45, 7) is 0. The maximum atomic E-state index is 15.1. The first kappa shape index (κ1) is 11.9. The Labute approximate surface area is 109 Å². The number of aliphatic hydroxyl groups is 1. The van der Waals surface area contributed by atoms with Gasteiger partial charge < -0.3 is 10.4 Å². The van der Waals surface area contributed by atoms with Gasteiger partial charge in [-0.15, -0.1) is 0 Å². The van der Waals surface area contributed by atoms with Crippen LogP contribution in [0.25, 0.3) is 0 Å². The van der Waals surface area contributed by atoms with E-state index in [2.05, 4.69) is 5.32 Å². The number of halogens is 1. The number of alkyl halides is 1. The number of hydrogen-bond donors (Lipinski definition) is 2. The predicted octanol–water partition coefficient (Wildman–Crippen LogP) is 2.54. The second-order valence-electron chi connectivity index (χ2n) is 4.52. The molecule has 3 rings (SSSR count). The van der Waals surface area contributed by atoms with E-state index >= 15 is 4.39 Å². The molecular weight excluding hydrogens is 245 g/mol. The van der Waals surface area contributed by atoms with Gasteiger partial charge in [0.2, 0.25) is 5.67 Å². The lowest BCUT2D eigenvalue weighted by Gasteiger charge is -2.24. The first-order chi connectivity index (χ1) is 9.14. The molecule has 0 aromatic heterocycles. The van der Waals surface area contributed by atoms with Gasteiger partial charge >= 0.3 is 0 Å². The third kappa shape index (κ3) is 1.64. The number of fused-ring (bicyclic) bond motifs is 1. The zero-order chi connectivity index (χ0) is 13.5. The molecule has 1 aliphatic heterocycles. The Morgan fingerprint density at radius 1 is 1.05 bits per heavy atom. The number of anilines is 1. The van der Waals surface area contributed by atoms with Crippen LogP contribution in [0.4, 0.5) is 10.1 Å². The van der Waals surface area contributed by atoms with E-state index in [1.807, 2.05) is 0 Å². The highest BCUT2D eigenvalue weighted by Gasteiger charge is 2.53. The molecule has 2 aromatic carbocycles. The summed E-state index contributed by atoms with van der Waals surface area (Å²) in [7, 11) is 0. The van der Waals surface area contributed by atoms with E-state index < -0.39 is 17.7 Å². The molecule has 0 radical (unpaired) electrons. The molecule has 0 saturated heterocycles. The third-order valence-corrected chi connectivity index (χ3v) is 3.39. The van der Waals surface area contributed by atoms with E-state index in [0.29, 0.717) is 11.3 Å². The summed E-state index contributed by atoms with van der Waals surface area (Å²) in [6.07, 6.45) is -1.53. The molecule has 0 aliphatic carbocycles. The highest BCUT2D eigenvalue weighted by molar-refractivity contribution is 6.05. The highest BCUT2D eigenvalue weighted by atomic mass is 19.1. The molecule has 0 spiro atoms. The first-order valence-electron chi connectivity index (χ1n) is 5.97. The molecule has 0 bridgehead atoms. The fourth-order valence-electron chi connectivity index (χ4n) is 2.38. The number of nitrogens with one attached hydrogen (secondary N) is 1. The van der Waals surface area contributed by atoms with Crippen LogP contribution in [-0.4, -0.2) is 11.0 Å². The average molecular weight is 257 g/mol. The van der Waals surface area contributed by atoms with Crippen molar-refractivity contribution >= 4 is 11.6 Å². The fourth-order valence-corrected chi connectivity index (χ4v) is 2.38. The van der Waals surface area contributed by atoms with Crippen LogP contribution in [0.1, 0.15) is 17.2 Å². The number of hydrogen-bond acceptors (Lipinski definition) is 2. The summed E-state index contributed by atoms with van der Waals surface area (Å²) in [5.41, 5.74) is -1.49. The van der Waals surface area contributed by atoms with Crippen molar-refractivity contribution in [1.29, 1.82) is 0 Å². The molecule has 4 heteroatoms. The molecule has 3 nitrogen and oxygen atoms in total. The third-order valence-electron chi connectivity index (χ3n) is 3.39. The summed E-state index contributed by atoms with van der Waals surface area (Å²) in [5, 5.41) is 12.7. The molecule has 2 aromatic rings. The molecule has 0 fully saturated rings. The van der Waals surface area contributed by atoms with E-state index in [9.17, 15) is 9.90 Å². The summed E-state index contributed by atoms with van der Waals surface area (Å²) < 4.78 is 15.1. The van der Waals surface area contributed by atoms with Gasteiger partial charge in [0.25, 0.3) is 5.91 Å². The van der Waals surface area contributed by atoms with Crippen LogP contribution in [0.15, 0.2) is 54.6 Å². The second-order valence-corrected chi connectivity index (χ2v) is 4.52. The van der Waals surface area contributed by atoms with E-state index in [4.69, 9.17) is 0 Å². The van der Waals surface area contributed by atoms with Crippen molar-refractivity contribution < 1.29 is 14.3 Å². The van der Waals surface area contributed by atoms with Crippen molar-refractivity contribution in [2.45, 2.75) is 11.8 Å². The molecular formula is C15H12FNO2. The number of rotatable bonds is 2. The lowest BCUT2D eigenvalue weighted by molar-refractivity contribution is -0.135. The minimum absolute atomic E-state index is 0.177.